The predicted octanol–water partition coefficient (Wildman–Crippen LogP) is 3.09. The van der Waals surface area contributed by atoms with Gasteiger partial charge in [0.05, 0.1) is 11.6 Å². The molecular formula is C14H16N2OS. The molecule has 0 radical (unpaired) electrons. The molecule has 1 atom stereocenters. The number of nitrogens with zero attached hydrogens (tertiary/aromatic N) is 1. The van der Waals surface area contributed by atoms with Crippen molar-refractivity contribution in [3.05, 3.63) is 30.5 Å². The van der Waals surface area contributed by atoms with Crippen LogP contribution in [0.25, 0.3) is 10.9 Å². The molecule has 0 bridgehead atoms. The van der Waals surface area contributed by atoms with Crippen molar-refractivity contribution >= 4 is 28.4 Å². The van der Waals surface area contributed by atoms with E-state index in [0.717, 1.165) is 29.0 Å². The lowest BCUT2D eigenvalue weighted by Crippen LogP contribution is -2.07. The number of hydrogen-bond acceptors (Lipinski definition) is 4. The molecule has 3 rings (SSSR count). The van der Waals surface area contributed by atoms with Gasteiger partial charge in [0.2, 0.25) is 0 Å². The second-order valence-corrected chi connectivity index (χ2v) is 5.56. The van der Waals surface area contributed by atoms with Crippen LogP contribution in [0, 0.1) is 0 Å². The van der Waals surface area contributed by atoms with Crippen LogP contribution in [0.5, 0.6) is 0 Å². The summed E-state index contributed by atoms with van der Waals surface area (Å²) < 4.78 is 5.64. The molecule has 1 fully saturated rings. The summed E-state index contributed by atoms with van der Waals surface area (Å²) in [5.74, 6) is 0.996. The van der Waals surface area contributed by atoms with Gasteiger partial charge in [-0.2, -0.15) is 0 Å². The Morgan fingerprint density at radius 1 is 1.39 bits per heavy atom. The Bertz CT molecular complexity index is 552. The molecule has 1 aliphatic rings. The average molecular weight is 260 g/mol. The topological polar surface area (TPSA) is 48.1 Å². The number of nitrogens with two attached hydrogens (primary N) is 1. The molecule has 1 aromatic heterocycles. The van der Waals surface area contributed by atoms with Crippen molar-refractivity contribution in [2.75, 3.05) is 18.1 Å². The molecule has 18 heavy (non-hydrogen) atoms. The zero-order valence-corrected chi connectivity index (χ0v) is 11.0. The number of nitrogen functional groups attached to an aromatic ring is 1. The summed E-state index contributed by atoms with van der Waals surface area (Å²) in [6.45, 7) is 0.909. The molecule has 1 aliphatic heterocycles. The van der Waals surface area contributed by atoms with Crippen molar-refractivity contribution in [3.63, 3.8) is 0 Å². The zero-order chi connectivity index (χ0) is 12.4. The van der Waals surface area contributed by atoms with Crippen molar-refractivity contribution in [2.24, 2.45) is 0 Å². The number of fused-ring (bicyclic) bond motifs is 1. The Morgan fingerprint density at radius 2 is 2.33 bits per heavy atom. The van der Waals surface area contributed by atoms with E-state index in [2.05, 4.69) is 11.1 Å². The van der Waals surface area contributed by atoms with Crippen LogP contribution in [-0.2, 0) is 4.74 Å². The fraction of sp³-hybridized carbons (Fsp3) is 0.357. The number of benzene rings is 1. The van der Waals surface area contributed by atoms with Gasteiger partial charge in [0.1, 0.15) is 0 Å². The Balaban J connectivity index is 1.85. The first kappa shape index (κ1) is 11.8. The van der Waals surface area contributed by atoms with Gasteiger partial charge < -0.3 is 10.5 Å². The summed E-state index contributed by atoms with van der Waals surface area (Å²) in [5.41, 5.74) is 7.76. The largest absolute Gasteiger partial charge is 0.398 e. The lowest BCUT2D eigenvalue weighted by Gasteiger charge is -2.11. The SMILES string of the molecule is Nc1ccc(SCC2CCCO2)c2ncccc12. The maximum absolute atomic E-state index is 5.97. The summed E-state index contributed by atoms with van der Waals surface area (Å²) >= 11 is 1.81. The van der Waals surface area contributed by atoms with Gasteiger partial charge in [-0.1, -0.05) is 0 Å². The van der Waals surface area contributed by atoms with Gasteiger partial charge in [-0.3, -0.25) is 4.98 Å². The van der Waals surface area contributed by atoms with Crippen LogP contribution in [0.3, 0.4) is 0 Å². The minimum absolute atomic E-state index is 0.395. The number of pyridine rings is 1. The minimum atomic E-state index is 0.395. The highest BCUT2D eigenvalue weighted by Crippen LogP contribution is 2.31. The summed E-state index contributed by atoms with van der Waals surface area (Å²) in [6.07, 6.45) is 4.57. The third kappa shape index (κ3) is 2.31. The van der Waals surface area contributed by atoms with Crippen molar-refractivity contribution in [1.29, 1.82) is 0 Å². The average Bonchev–Trinajstić information content (AvgIpc) is 2.92. The third-order valence-electron chi connectivity index (χ3n) is 3.22. The summed E-state index contributed by atoms with van der Waals surface area (Å²) in [7, 11) is 0. The number of anilines is 1. The lowest BCUT2D eigenvalue weighted by atomic mass is 10.2. The second kappa shape index (κ2) is 5.16. The standard InChI is InChI=1S/C14H16N2OS/c15-12-5-6-13(14-11(12)4-1-7-16-14)18-9-10-3-2-8-17-10/h1,4-7,10H,2-3,8-9,15H2. The Morgan fingerprint density at radius 3 is 3.17 bits per heavy atom. The Labute approximate surface area is 111 Å². The van der Waals surface area contributed by atoms with Gasteiger partial charge in [0.25, 0.3) is 0 Å². The van der Waals surface area contributed by atoms with E-state index in [1.807, 2.05) is 36.2 Å². The minimum Gasteiger partial charge on any atom is -0.398 e. The summed E-state index contributed by atoms with van der Waals surface area (Å²) in [5, 5.41) is 1.04. The molecule has 0 saturated carbocycles. The van der Waals surface area contributed by atoms with E-state index in [1.54, 1.807) is 0 Å². The molecule has 0 aliphatic carbocycles. The van der Waals surface area contributed by atoms with Crippen LogP contribution in [0.4, 0.5) is 5.69 Å². The van der Waals surface area contributed by atoms with E-state index < -0.39 is 0 Å². The molecule has 1 unspecified atom stereocenters. The molecule has 3 nitrogen and oxygen atoms in total. The molecule has 94 valence electrons. The fourth-order valence-corrected chi connectivity index (χ4v) is 3.34. The Kier molecular flexibility index (Phi) is 3.39. The lowest BCUT2D eigenvalue weighted by molar-refractivity contribution is 0.129. The van der Waals surface area contributed by atoms with Crippen LogP contribution in [-0.4, -0.2) is 23.4 Å². The van der Waals surface area contributed by atoms with Crippen LogP contribution in [0.1, 0.15) is 12.8 Å². The Hall–Kier alpha value is -1.26. The number of ether oxygens (including phenoxy) is 1. The maximum atomic E-state index is 5.97. The highest BCUT2D eigenvalue weighted by molar-refractivity contribution is 7.99. The normalized spacial score (nSPS) is 19.4. The first-order valence-electron chi connectivity index (χ1n) is 6.22. The van der Waals surface area contributed by atoms with Crippen LogP contribution < -0.4 is 5.73 Å². The predicted molar refractivity (Wildman–Crippen MR) is 75.9 cm³/mol. The van der Waals surface area contributed by atoms with E-state index >= 15 is 0 Å². The maximum Gasteiger partial charge on any atom is 0.0858 e. The quantitative estimate of drug-likeness (QED) is 0.680. The summed E-state index contributed by atoms with van der Waals surface area (Å²) in [6, 6.07) is 7.97. The van der Waals surface area contributed by atoms with Crippen LogP contribution in [0.2, 0.25) is 0 Å². The molecule has 4 heteroatoms. The van der Waals surface area contributed by atoms with Crippen LogP contribution >= 0.6 is 11.8 Å². The van der Waals surface area contributed by atoms with Gasteiger partial charge in [-0.15, -0.1) is 11.8 Å². The van der Waals surface area contributed by atoms with E-state index in [4.69, 9.17) is 10.5 Å². The summed E-state index contributed by atoms with van der Waals surface area (Å²) in [4.78, 5) is 5.64. The van der Waals surface area contributed by atoms with E-state index in [0.29, 0.717) is 6.10 Å². The van der Waals surface area contributed by atoms with Crippen molar-refractivity contribution < 1.29 is 4.74 Å². The molecule has 2 N–H and O–H groups in total. The molecule has 0 spiro atoms. The highest BCUT2D eigenvalue weighted by Gasteiger charge is 2.16. The van der Waals surface area contributed by atoms with Crippen molar-refractivity contribution in [1.82, 2.24) is 4.98 Å². The number of rotatable bonds is 3. The smallest absolute Gasteiger partial charge is 0.0858 e. The molecule has 0 amide bonds. The van der Waals surface area contributed by atoms with Crippen molar-refractivity contribution in [2.45, 2.75) is 23.8 Å². The molecule has 2 aromatic rings. The second-order valence-electron chi connectivity index (χ2n) is 4.50. The van der Waals surface area contributed by atoms with Gasteiger partial charge in [-0.05, 0) is 37.1 Å². The number of aromatic nitrogens is 1. The first-order chi connectivity index (χ1) is 8.84. The van der Waals surface area contributed by atoms with E-state index in [1.165, 1.54) is 17.7 Å². The van der Waals surface area contributed by atoms with Gasteiger partial charge >= 0.3 is 0 Å². The molecular weight excluding hydrogens is 244 g/mol. The molecule has 1 aromatic carbocycles. The first-order valence-corrected chi connectivity index (χ1v) is 7.21. The van der Waals surface area contributed by atoms with Crippen LogP contribution in [0.15, 0.2) is 35.4 Å². The van der Waals surface area contributed by atoms with E-state index in [-0.39, 0.29) is 0 Å². The highest BCUT2D eigenvalue weighted by atomic mass is 32.2. The monoisotopic (exact) mass is 260 g/mol. The molecule has 1 saturated heterocycles. The van der Waals surface area contributed by atoms with Gasteiger partial charge in [0, 0.05) is 34.5 Å². The van der Waals surface area contributed by atoms with Gasteiger partial charge in [-0.25, -0.2) is 0 Å². The van der Waals surface area contributed by atoms with E-state index in [9.17, 15) is 0 Å². The van der Waals surface area contributed by atoms with Crippen molar-refractivity contribution in [3.8, 4) is 0 Å². The molecule has 2 heterocycles. The third-order valence-corrected chi connectivity index (χ3v) is 4.39. The number of hydrogen-bond donors (Lipinski definition) is 1. The fourth-order valence-electron chi connectivity index (χ4n) is 2.24. The number of thioether (sulfide) groups is 1. The zero-order valence-electron chi connectivity index (χ0n) is 10.1. The van der Waals surface area contributed by atoms with Gasteiger partial charge in [0.15, 0.2) is 0 Å².